The number of aromatic amines is 1. The molecule has 0 spiro atoms. The summed E-state index contributed by atoms with van der Waals surface area (Å²) in [6, 6.07) is 5.34. The van der Waals surface area contributed by atoms with E-state index in [1.807, 2.05) is 24.5 Å². The first-order valence-electron chi connectivity index (χ1n) is 5.59. The van der Waals surface area contributed by atoms with Crippen molar-refractivity contribution in [3.05, 3.63) is 23.0 Å². The molecule has 0 aliphatic carbocycles. The molecule has 0 amide bonds. The van der Waals surface area contributed by atoms with Gasteiger partial charge in [-0.3, -0.25) is 9.67 Å². The standard InChI is InChI=1S/C12H15N3O2S/c1-7(2)15-11(13-14-12(15)18)8-4-5-10(17-3)9(16)6-8/h4-7,16H,1-3H3,(H,14,18). The van der Waals surface area contributed by atoms with E-state index in [4.69, 9.17) is 17.0 Å². The molecule has 0 fully saturated rings. The van der Waals surface area contributed by atoms with E-state index in [0.717, 1.165) is 5.56 Å². The van der Waals surface area contributed by atoms with Gasteiger partial charge < -0.3 is 9.84 Å². The Kier molecular flexibility index (Phi) is 3.38. The highest BCUT2D eigenvalue weighted by Gasteiger charge is 2.13. The molecule has 0 atom stereocenters. The fraction of sp³-hybridized carbons (Fsp3) is 0.333. The van der Waals surface area contributed by atoms with Crippen molar-refractivity contribution in [2.24, 2.45) is 0 Å². The molecule has 0 radical (unpaired) electrons. The fourth-order valence-corrected chi connectivity index (χ4v) is 2.16. The number of aromatic hydroxyl groups is 1. The first-order chi connectivity index (χ1) is 8.54. The van der Waals surface area contributed by atoms with Crippen LogP contribution in [0.5, 0.6) is 11.5 Å². The van der Waals surface area contributed by atoms with Gasteiger partial charge in [0.1, 0.15) is 0 Å². The van der Waals surface area contributed by atoms with Crippen molar-refractivity contribution in [1.82, 2.24) is 14.8 Å². The van der Waals surface area contributed by atoms with E-state index in [1.165, 1.54) is 7.11 Å². The number of rotatable bonds is 3. The largest absolute Gasteiger partial charge is 0.504 e. The Morgan fingerprint density at radius 3 is 2.72 bits per heavy atom. The van der Waals surface area contributed by atoms with Gasteiger partial charge in [0, 0.05) is 11.6 Å². The molecule has 2 aromatic rings. The Morgan fingerprint density at radius 1 is 1.44 bits per heavy atom. The van der Waals surface area contributed by atoms with Gasteiger partial charge in [0.25, 0.3) is 0 Å². The van der Waals surface area contributed by atoms with Crippen molar-refractivity contribution >= 4 is 12.2 Å². The SMILES string of the molecule is COc1ccc(-c2n[nH]c(=S)n2C(C)C)cc1O. The van der Waals surface area contributed by atoms with Gasteiger partial charge >= 0.3 is 0 Å². The van der Waals surface area contributed by atoms with Crippen LogP contribution in [0.3, 0.4) is 0 Å². The molecule has 1 heterocycles. The smallest absolute Gasteiger partial charge is 0.195 e. The first kappa shape index (κ1) is 12.6. The molecule has 5 nitrogen and oxygen atoms in total. The van der Waals surface area contributed by atoms with Crippen molar-refractivity contribution in [2.45, 2.75) is 19.9 Å². The number of nitrogens with one attached hydrogen (secondary N) is 1. The monoisotopic (exact) mass is 265 g/mol. The highest BCUT2D eigenvalue weighted by Crippen LogP contribution is 2.31. The van der Waals surface area contributed by atoms with E-state index >= 15 is 0 Å². The van der Waals surface area contributed by atoms with Crippen LogP contribution in [-0.4, -0.2) is 27.0 Å². The molecular formula is C12H15N3O2S. The zero-order chi connectivity index (χ0) is 13.3. The molecular weight excluding hydrogens is 250 g/mol. The number of phenolic OH excluding ortho intramolecular Hbond substituents is 1. The van der Waals surface area contributed by atoms with E-state index in [-0.39, 0.29) is 11.8 Å². The van der Waals surface area contributed by atoms with Crippen molar-refractivity contribution in [2.75, 3.05) is 7.11 Å². The van der Waals surface area contributed by atoms with Crippen molar-refractivity contribution in [3.8, 4) is 22.9 Å². The molecule has 18 heavy (non-hydrogen) atoms. The van der Waals surface area contributed by atoms with Gasteiger partial charge in [-0.25, -0.2) is 0 Å². The molecule has 2 rings (SSSR count). The summed E-state index contributed by atoms with van der Waals surface area (Å²) in [5.41, 5.74) is 0.786. The van der Waals surface area contributed by atoms with Gasteiger partial charge in [0.15, 0.2) is 22.1 Å². The summed E-state index contributed by atoms with van der Waals surface area (Å²) >= 11 is 5.19. The first-order valence-corrected chi connectivity index (χ1v) is 5.99. The molecule has 6 heteroatoms. The van der Waals surface area contributed by atoms with Crippen LogP contribution in [0.4, 0.5) is 0 Å². The van der Waals surface area contributed by atoms with Gasteiger partial charge in [-0.2, -0.15) is 5.10 Å². The molecule has 0 aliphatic heterocycles. The number of hydrogen-bond acceptors (Lipinski definition) is 4. The quantitative estimate of drug-likeness (QED) is 0.838. The second-order valence-corrected chi connectivity index (χ2v) is 4.59. The Balaban J connectivity index is 2.56. The molecule has 2 N–H and O–H groups in total. The van der Waals surface area contributed by atoms with Gasteiger partial charge in [-0.05, 0) is 44.3 Å². The van der Waals surface area contributed by atoms with Gasteiger partial charge in [0.2, 0.25) is 0 Å². The van der Waals surface area contributed by atoms with E-state index in [2.05, 4.69) is 10.2 Å². The average molecular weight is 265 g/mol. The summed E-state index contributed by atoms with van der Waals surface area (Å²) < 4.78 is 7.48. The maximum atomic E-state index is 9.79. The lowest BCUT2D eigenvalue weighted by molar-refractivity contribution is 0.373. The fourth-order valence-electron chi connectivity index (χ4n) is 1.82. The van der Waals surface area contributed by atoms with E-state index in [9.17, 15) is 5.11 Å². The predicted octanol–water partition coefficient (Wildman–Crippen LogP) is 2.90. The van der Waals surface area contributed by atoms with Crippen LogP contribution < -0.4 is 4.74 Å². The Hall–Kier alpha value is -1.82. The zero-order valence-corrected chi connectivity index (χ0v) is 11.3. The second-order valence-electron chi connectivity index (χ2n) is 4.20. The number of hydrogen-bond donors (Lipinski definition) is 2. The van der Waals surface area contributed by atoms with Crippen LogP contribution in [0.25, 0.3) is 11.4 Å². The topological polar surface area (TPSA) is 63.1 Å². The number of nitrogens with zero attached hydrogens (tertiary/aromatic N) is 2. The minimum atomic E-state index is 0.0826. The molecule has 0 saturated carbocycles. The highest BCUT2D eigenvalue weighted by atomic mass is 32.1. The summed E-state index contributed by atoms with van der Waals surface area (Å²) in [7, 11) is 1.51. The van der Waals surface area contributed by atoms with Crippen LogP contribution >= 0.6 is 12.2 Å². The van der Waals surface area contributed by atoms with Crippen LogP contribution in [0.2, 0.25) is 0 Å². The van der Waals surface area contributed by atoms with E-state index in [1.54, 1.807) is 12.1 Å². The van der Waals surface area contributed by atoms with Gasteiger partial charge in [-0.15, -0.1) is 0 Å². The maximum Gasteiger partial charge on any atom is 0.195 e. The summed E-state index contributed by atoms with van der Waals surface area (Å²) in [5, 5.41) is 16.8. The van der Waals surface area contributed by atoms with Crippen molar-refractivity contribution < 1.29 is 9.84 Å². The van der Waals surface area contributed by atoms with Crippen molar-refractivity contribution in [3.63, 3.8) is 0 Å². The second kappa shape index (κ2) is 4.81. The Bertz CT molecular complexity index is 616. The third-order valence-electron chi connectivity index (χ3n) is 2.66. The summed E-state index contributed by atoms with van der Waals surface area (Å²) in [5.74, 6) is 1.22. The summed E-state index contributed by atoms with van der Waals surface area (Å²) in [4.78, 5) is 0. The average Bonchev–Trinajstić information content (AvgIpc) is 2.71. The number of ether oxygens (including phenoxy) is 1. The van der Waals surface area contributed by atoms with Crippen LogP contribution in [0, 0.1) is 4.77 Å². The predicted molar refractivity (Wildman–Crippen MR) is 71.4 cm³/mol. The van der Waals surface area contributed by atoms with Crippen LogP contribution in [0.1, 0.15) is 19.9 Å². The van der Waals surface area contributed by atoms with Crippen LogP contribution in [-0.2, 0) is 0 Å². The molecule has 96 valence electrons. The van der Waals surface area contributed by atoms with E-state index in [0.29, 0.717) is 16.3 Å². The lowest BCUT2D eigenvalue weighted by Crippen LogP contribution is -2.03. The minimum absolute atomic E-state index is 0.0826. The molecule has 0 bridgehead atoms. The zero-order valence-electron chi connectivity index (χ0n) is 10.5. The lowest BCUT2D eigenvalue weighted by Gasteiger charge is -2.11. The number of H-pyrrole nitrogens is 1. The molecule has 1 aromatic heterocycles. The normalized spacial score (nSPS) is 10.9. The molecule has 1 aromatic carbocycles. The number of methoxy groups -OCH3 is 1. The molecule has 0 unspecified atom stereocenters. The lowest BCUT2D eigenvalue weighted by atomic mass is 10.2. The third kappa shape index (κ3) is 2.11. The Labute approximate surface area is 110 Å². The summed E-state index contributed by atoms with van der Waals surface area (Å²) in [6.45, 7) is 4.05. The minimum Gasteiger partial charge on any atom is -0.504 e. The third-order valence-corrected chi connectivity index (χ3v) is 2.95. The maximum absolute atomic E-state index is 9.79. The number of benzene rings is 1. The summed E-state index contributed by atoms with van der Waals surface area (Å²) in [6.07, 6.45) is 0. The van der Waals surface area contributed by atoms with Gasteiger partial charge in [0.05, 0.1) is 7.11 Å². The number of phenols is 1. The molecule has 0 saturated heterocycles. The van der Waals surface area contributed by atoms with E-state index < -0.39 is 0 Å². The van der Waals surface area contributed by atoms with Crippen molar-refractivity contribution in [1.29, 1.82) is 0 Å². The Morgan fingerprint density at radius 2 is 2.17 bits per heavy atom. The number of aromatic nitrogens is 3. The van der Waals surface area contributed by atoms with Gasteiger partial charge in [-0.1, -0.05) is 0 Å². The molecule has 0 aliphatic rings. The van der Waals surface area contributed by atoms with Crippen LogP contribution in [0.15, 0.2) is 18.2 Å². The highest BCUT2D eigenvalue weighted by molar-refractivity contribution is 7.71.